The Balaban J connectivity index is 1.50. The maximum absolute atomic E-state index is 12.1. The highest BCUT2D eigenvalue weighted by Crippen LogP contribution is 2.30. The number of anilines is 1. The van der Waals surface area contributed by atoms with Gasteiger partial charge in [0, 0.05) is 30.7 Å². The first-order chi connectivity index (χ1) is 13.0. The zero-order chi connectivity index (χ0) is 19.0. The second kappa shape index (κ2) is 7.22. The molecule has 3 nitrogen and oxygen atoms in total. The predicted octanol–water partition coefficient (Wildman–Crippen LogP) is 4.91. The fraction of sp³-hybridized carbons (Fsp3) is 0.375. The van der Waals surface area contributed by atoms with Crippen molar-refractivity contribution in [2.75, 3.05) is 18.0 Å². The highest BCUT2D eigenvalue weighted by atomic mass is 16.1. The molecule has 0 saturated carbocycles. The highest BCUT2D eigenvalue weighted by Gasteiger charge is 2.22. The predicted molar refractivity (Wildman–Crippen MR) is 114 cm³/mol. The van der Waals surface area contributed by atoms with Crippen LogP contribution in [0.5, 0.6) is 0 Å². The molecule has 27 heavy (non-hydrogen) atoms. The van der Waals surface area contributed by atoms with E-state index in [4.69, 9.17) is 0 Å². The fourth-order valence-corrected chi connectivity index (χ4v) is 4.65. The molecule has 140 valence electrons. The average Bonchev–Trinajstić information content (AvgIpc) is 2.65. The quantitative estimate of drug-likeness (QED) is 0.720. The van der Waals surface area contributed by atoms with Crippen LogP contribution in [0.1, 0.15) is 35.1 Å². The molecular formula is C24H28N2O. The van der Waals surface area contributed by atoms with Crippen molar-refractivity contribution in [3.63, 3.8) is 0 Å². The fourth-order valence-electron chi connectivity index (χ4n) is 4.65. The molecule has 1 aromatic heterocycles. The van der Waals surface area contributed by atoms with Crippen molar-refractivity contribution >= 4 is 16.6 Å². The molecular weight excluding hydrogens is 332 g/mol. The summed E-state index contributed by atoms with van der Waals surface area (Å²) in [6.07, 6.45) is 5.32. The van der Waals surface area contributed by atoms with Crippen LogP contribution >= 0.6 is 0 Å². The number of nitrogens with zero attached hydrogens (tertiary/aromatic N) is 1. The molecule has 2 heterocycles. The van der Waals surface area contributed by atoms with E-state index in [2.05, 4.69) is 48.9 Å². The molecule has 3 aromatic rings. The number of pyridine rings is 1. The van der Waals surface area contributed by atoms with Crippen molar-refractivity contribution in [3.05, 3.63) is 75.1 Å². The number of benzene rings is 2. The Bertz CT molecular complexity index is 1000. The van der Waals surface area contributed by atoms with Crippen LogP contribution in [0.2, 0.25) is 0 Å². The van der Waals surface area contributed by atoms with Crippen molar-refractivity contribution in [1.82, 2.24) is 4.98 Å². The number of aryl methyl sites for hydroxylation is 3. The van der Waals surface area contributed by atoms with Crippen LogP contribution in [0.15, 0.2) is 47.4 Å². The Hall–Kier alpha value is -2.55. The summed E-state index contributed by atoms with van der Waals surface area (Å²) in [4.78, 5) is 17.8. The first-order valence-corrected chi connectivity index (χ1v) is 9.95. The third kappa shape index (κ3) is 3.51. The van der Waals surface area contributed by atoms with E-state index in [0.717, 1.165) is 35.6 Å². The maximum Gasteiger partial charge on any atom is 0.189 e. The number of hydrogen-bond donors (Lipinski definition) is 1. The van der Waals surface area contributed by atoms with Crippen molar-refractivity contribution in [1.29, 1.82) is 0 Å². The summed E-state index contributed by atoms with van der Waals surface area (Å²) in [6, 6.07) is 12.3. The molecule has 1 aliphatic heterocycles. The Kier molecular flexibility index (Phi) is 4.77. The summed E-state index contributed by atoms with van der Waals surface area (Å²) in [5, 5.41) is 0.781. The number of piperidine rings is 1. The van der Waals surface area contributed by atoms with E-state index in [-0.39, 0.29) is 5.43 Å². The molecule has 2 aromatic carbocycles. The van der Waals surface area contributed by atoms with Gasteiger partial charge in [-0.3, -0.25) is 4.79 Å². The van der Waals surface area contributed by atoms with Gasteiger partial charge in [0.25, 0.3) is 0 Å². The van der Waals surface area contributed by atoms with Crippen LogP contribution in [-0.4, -0.2) is 18.1 Å². The molecule has 1 fully saturated rings. The van der Waals surface area contributed by atoms with Gasteiger partial charge in [0.1, 0.15) is 0 Å². The molecule has 1 aliphatic rings. The lowest BCUT2D eigenvalue weighted by atomic mass is 9.86. The topological polar surface area (TPSA) is 36.1 Å². The van der Waals surface area contributed by atoms with Gasteiger partial charge in [-0.1, -0.05) is 23.8 Å². The SMILES string of the molecule is Cc1cc(C)c(CC2CCN(c3cccc4c(=O)cc[nH]c34)CC2)c(C)c1. The van der Waals surface area contributed by atoms with E-state index in [1.54, 1.807) is 12.3 Å². The number of aromatic nitrogens is 1. The molecule has 0 bridgehead atoms. The lowest BCUT2D eigenvalue weighted by molar-refractivity contribution is 0.403. The Morgan fingerprint density at radius 3 is 2.44 bits per heavy atom. The van der Waals surface area contributed by atoms with E-state index < -0.39 is 0 Å². The van der Waals surface area contributed by atoms with E-state index in [0.29, 0.717) is 0 Å². The van der Waals surface area contributed by atoms with Gasteiger partial charge in [-0.2, -0.15) is 0 Å². The average molecular weight is 361 g/mol. The monoisotopic (exact) mass is 360 g/mol. The Labute approximate surface area is 161 Å². The minimum atomic E-state index is 0.0887. The van der Waals surface area contributed by atoms with Gasteiger partial charge >= 0.3 is 0 Å². The van der Waals surface area contributed by atoms with E-state index in [9.17, 15) is 4.79 Å². The first kappa shape index (κ1) is 17.8. The van der Waals surface area contributed by atoms with Crippen molar-refractivity contribution in [2.24, 2.45) is 5.92 Å². The number of nitrogens with one attached hydrogen (secondary N) is 1. The lowest BCUT2D eigenvalue weighted by Gasteiger charge is -2.34. The molecule has 3 heteroatoms. The second-order valence-electron chi connectivity index (χ2n) is 8.05. The molecule has 0 spiro atoms. The van der Waals surface area contributed by atoms with Gasteiger partial charge in [-0.15, -0.1) is 0 Å². The number of aromatic amines is 1. The Morgan fingerprint density at radius 2 is 1.74 bits per heavy atom. The summed E-state index contributed by atoms with van der Waals surface area (Å²) in [6.45, 7) is 8.76. The van der Waals surface area contributed by atoms with Gasteiger partial charge in [0.05, 0.1) is 11.2 Å². The van der Waals surface area contributed by atoms with Crippen molar-refractivity contribution < 1.29 is 0 Å². The number of hydrogen-bond acceptors (Lipinski definition) is 2. The summed E-state index contributed by atoms with van der Waals surface area (Å²) in [5.41, 5.74) is 7.97. The van der Waals surface area contributed by atoms with Gasteiger partial charge in [-0.25, -0.2) is 0 Å². The van der Waals surface area contributed by atoms with Crippen molar-refractivity contribution in [3.8, 4) is 0 Å². The Morgan fingerprint density at radius 1 is 1.04 bits per heavy atom. The molecule has 0 atom stereocenters. The van der Waals surface area contributed by atoms with E-state index in [1.807, 2.05) is 12.1 Å². The zero-order valence-corrected chi connectivity index (χ0v) is 16.5. The summed E-state index contributed by atoms with van der Waals surface area (Å²) < 4.78 is 0. The summed E-state index contributed by atoms with van der Waals surface area (Å²) in [5.74, 6) is 0.732. The van der Waals surface area contributed by atoms with E-state index in [1.165, 1.54) is 41.5 Å². The molecule has 1 saturated heterocycles. The van der Waals surface area contributed by atoms with Crippen molar-refractivity contribution in [2.45, 2.75) is 40.0 Å². The smallest absolute Gasteiger partial charge is 0.189 e. The number of para-hydroxylation sites is 1. The number of fused-ring (bicyclic) bond motifs is 1. The minimum absolute atomic E-state index is 0.0887. The third-order valence-electron chi connectivity index (χ3n) is 6.06. The van der Waals surface area contributed by atoms with Gasteiger partial charge in [0.2, 0.25) is 0 Å². The molecule has 1 N–H and O–H groups in total. The van der Waals surface area contributed by atoms with E-state index >= 15 is 0 Å². The molecule has 0 aliphatic carbocycles. The second-order valence-corrected chi connectivity index (χ2v) is 8.05. The molecule has 0 amide bonds. The van der Waals surface area contributed by atoms with Crippen LogP contribution in [0, 0.1) is 26.7 Å². The molecule has 0 radical (unpaired) electrons. The number of rotatable bonds is 3. The summed E-state index contributed by atoms with van der Waals surface area (Å²) in [7, 11) is 0. The van der Waals surface area contributed by atoms with Crippen LogP contribution < -0.4 is 10.3 Å². The number of H-pyrrole nitrogens is 1. The third-order valence-corrected chi connectivity index (χ3v) is 6.06. The van der Waals surface area contributed by atoms with Crippen LogP contribution in [-0.2, 0) is 6.42 Å². The van der Waals surface area contributed by atoms with Crippen LogP contribution in [0.25, 0.3) is 10.9 Å². The zero-order valence-electron chi connectivity index (χ0n) is 16.5. The van der Waals surface area contributed by atoms with Gasteiger partial charge in [-0.05, 0) is 74.8 Å². The van der Waals surface area contributed by atoms with Gasteiger partial charge in [0.15, 0.2) is 5.43 Å². The highest BCUT2D eigenvalue weighted by molar-refractivity contribution is 5.90. The summed E-state index contributed by atoms with van der Waals surface area (Å²) >= 11 is 0. The standard InChI is InChI=1S/C24H28N2O/c1-16-13-17(2)21(18(3)14-16)15-19-8-11-26(12-9-19)22-6-4-5-20-23(27)7-10-25-24(20)22/h4-7,10,13-14,19H,8-9,11-12,15H2,1-3H3,(H,25,27). The van der Waals surface area contributed by atoms with Gasteiger partial charge < -0.3 is 9.88 Å². The lowest BCUT2D eigenvalue weighted by Crippen LogP contribution is -2.34. The van der Waals surface area contributed by atoms with Crippen LogP contribution in [0.3, 0.4) is 0 Å². The normalized spacial score (nSPS) is 15.4. The van der Waals surface area contributed by atoms with Crippen LogP contribution in [0.4, 0.5) is 5.69 Å². The largest absolute Gasteiger partial charge is 0.370 e. The minimum Gasteiger partial charge on any atom is -0.370 e. The molecule has 4 rings (SSSR count). The first-order valence-electron chi connectivity index (χ1n) is 9.95. The maximum atomic E-state index is 12.1. The molecule has 0 unspecified atom stereocenters.